The lowest BCUT2D eigenvalue weighted by atomic mass is 10.1. The molecule has 0 radical (unpaired) electrons. The third-order valence-electron chi connectivity index (χ3n) is 3.85. The lowest BCUT2D eigenvalue weighted by molar-refractivity contribution is -0.0566. The average Bonchev–Trinajstić information content (AvgIpc) is 3.11. The first kappa shape index (κ1) is 16.6. The summed E-state index contributed by atoms with van der Waals surface area (Å²) in [4.78, 5) is 8.52. The van der Waals surface area contributed by atoms with Crippen LogP contribution in [0.5, 0.6) is 0 Å². The Hall–Kier alpha value is -1.26. The fourth-order valence-electron chi connectivity index (χ4n) is 2.54. The van der Waals surface area contributed by atoms with Gasteiger partial charge in [-0.25, -0.2) is 14.6 Å². The Morgan fingerprint density at radius 2 is 2.13 bits per heavy atom. The molecular formula is C14H20N4O4S. The Kier molecular flexibility index (Phi) is 5.12. The van der Waals surface area contributed by atoms with Crippen LogP contribution >= 0.6 is 11.8 Å². The fourth-order valence-corrected chi connectivity index (χ4v) is 3.58. The number of nitrogens with zero attached hydrogens (tertiary/aromatic N) is 4. The van der Waals surface area contributed by atoms with Gasteiger partial charge in [-0.3, -0.25) is 0 Å². The minimum Gasteiger partial charge on any atom is -0.394 e. The van der Waals surface area contributed by atoms with Crippen molar-refractivity contribution >= 4 is 22.8 Å². The first-order valence-corrected chi connectivity index (χ1v) is 8.59. The van der Waals surface area contributed by atoms with Crippen molar-refractivity contribution in [3.63, 3.8) is 0 Å². The molecule has 3 rings (SSSR count). The standard InChI is InChI=1S/C14H20N4O4S/c1-2-3-4-23-13-8-5-17-18(12(8)15-7-16-13)14-11(21)10(20)9(6-19)22-14/h5,7,9-11,14,19-21H,2-4,6H2,1H3/t9-,10-,11-,14?/m1/s1. The summed E-state index contributed by atoms with van der Waals surface area (Å²) in [6, 6.07) is 0. The first-order chi connectivity index (χ1) is 11.2. The number of fused-ring (bicyclic) bond motifs is 1. The van der Waals surface area contributed by atoms with Crippen LogP contribution in [0.4, 0.5) is 0 Å². The van der Waals surface area contributed by atoms with Gasteiger partial charge in [-0.1, -0.05) is 13.3 Å². The van der Waals surface area contributed by atoms with Gasteiger partial charge in [0.1, 0.15) is 29.7 Å². The van der Waals surface area contributed by atoms with Crippen molar-refractivity contribution < 1.29 is 20.1 Å². The van der Waals surface area contributed by atoms with E-state index in [0.29, 0.717) is 5.65 Å². The van der Waals surface area contributed by atoms with Crippen molar-refractivity contribution in [2.75, 3.05) is 12.4 Å². The van der Waals surface area contributed by atoms with Crippen LogP contribution < -0.4 is 0 Å². The van der Waals surface area contributed by atoms with Crippen LogP contribution in [0, 0.1) is 0 Å². The molecule has 4 atom stereocenters. The highest BCUT2D eigenvalue weighted by Crippen LogP contribution is 2.32. The van der Waals surface area contributed by atoms with Gasteiger partial charge in [-0.15, -0.1) is 11.8 Å². The van der Waals surface area contributed by atoms with E-state index in [-0.39, 0.29) is 6.61 Å². The van der Waals surface area contributed by atoms with Crippen molar-refractivity contribution in [2.24, 2.45) is 0 Å². The van der Waals surface area contributed by atoms with E-state index < -0.39 is 24.5 Å². The number of unbranched alkanes of at least 4 members (excludes halogenated alkanes) is 1. The van der Waals surface area contributed by atoms with E-state index in [9.17, 15) is 15.3 Å². The number of hydrogen-bond acceptors (Lipinski definition) is 8. The largest absolute Gasteiger partial charge is 0.394 e. The van der Waals surface area contributed by atoms with E-state index in [1.807, 2.05) is 0 Å². The van der Waals surface area contributed by atoms with Crippen LogP contribution in [0.25, 0.3) is 11.0 Å². The maximum Gasteiger partial charge on any atom is 0.181 e. The van der Waals surface area contributed by atoms with Gasteiger partial charge in [0.2, 0.25) is 0 Å². The Labute approximate surface area is 137 Å². The molecule has 0 aromatic carbocycles. The van der Waals surface area contributed by atoms with Crippen molar-refractivity contribution in [3.8, 4) is 0 Å². The average molecular weight is 340 g/mol. The third kappa shape index (κ3) is 3.07. The number of hydrogen-bond donors (Lipinski definition) is 3. The predicted octanol–water partition coefficient (Wildman–Crippen LogP) is 0.330. The van der Waals surface area contributed by atoms with Crippen LogP contribution in [0.1, 0.15) is 26.0 Å². The van der Waals surface area contributed by atoms with E-state index in [2.05, 4.69) is 22.0 Å². The molecule has 0 bridgehead atoms. The molecule has 2 aromatic heterocycles. The zero-order valence-corrected chi connectivity index (χ0v) is 13.6. The molecule has 3 N–H and O–H groups in total. The molecule has 126 valence electrons. The highest BCUT2D eigenvalue weighted by atomic mass is 32.2. The van der Waals surface area contributed by atoms with Gasteiger partial charge in [0.25, 0.3) is 0 Å². The van der Waals surface area contributed by atoms with E-state index in [1.54, 1.807) is 18.0 Å². The molecule has 1 aliphatic rings. The minimum absolute atomic E-state index is 0.374. The van der Waals surface area contributed by atoms with Gasteiger partial charge in [0.05, 0.1) is 18.2 Å². The van der Waals surface area contributed by atoms with Crippen LogP contribution in [-0.2, 0) is 4.74 Å². The molecule has 0 spiro atoms. The summed E-state index contributed by atoms with van der Waals surface area (Å²) in [5.41, 5.74) is 0.536. The number of thioether (sulfide) groups is 1. The normalized spacial score (nSPS) is 27.8. The second-order valence-electron chi connectivity index (χ2n) is 5.44. The lowest BCUT2D eigenvalue weighted by Crippen LogP contribution is -2.33. The summed E-state index contributed by atoms with van der Waals surface area (Å²) in [7, 11) is 0. The maximum atomic E-state index is 10.1. The SMILES string of the molecule is CCCCSc1ncnc2c1cnn2C1O[C@H](CO)[C@@H](O)[C@H]1O. The van der Waals surface area contributed by atoms with E-state index in [0.717, 1.165) is 29.0 Å². The van der Waals surface area contributed by atoms with Crippen molar-refractivity contribution in [1.82, 2.24) is 19.7 Å². The van der Waals surface area contributed by atoms with Crippen LogP contribution in [0.15, 0.2) is 17.6 Å². The topological polar surface area (TPSA) is 114 Å². The molecule has 1 saturated heterocycles. The molecule has 0 aliphatic carbocycles. The summed E-state index contributed by atoms with van der Waals surface area (Å²) < 4.78 is 6.94. The molecule has 9 heteroatoms. The molecule has 0 saturated carbocycles. The highest BCUT2D eigenvalue weighted by Gasteiger charge is 2.44. The molecule has 1 fully saturated rings. The zero-order valence-electron chi connectivity index (χ0n) is 12.7. The van der Waals surface area contributed by atoms with E-state index in [4.69, 9.17) is 4.74 Å². The Balaban J connectivity index is 1.90. The third-order valence-corrected chi connectivity index (χ3v) is 4.94. The fraction of sp³-hybridized carbons (Fsp3) is 0.643. The minimum atomic E-state index is -1.18. The lowest BCUT2D eigenvalue weighted by Gasteiger charge is -2.15. The van der Waals surface area contributed by atoms with E-state index >= 15 is 0 Å². The summed E-state index contributed by atoms with van der Waals surface area (Å²) in [5.74, 6) is 0.960. The smallest absolute Gasteiger partial charge is 0.181 e. The molecule has 3 heterocycles. The number of aromatic nitrogens is 4. The Morgan fingerprint density at radius 1 is 1.30 bits per heavy atom. The first-order valence-electron chi connectivity index (χ1n) is 7.60. The molecule has 23 heavy (non-hydrogen) atoms. The molecule has 8 nitrogen and oxygen atoms in total. The van der Waals surface area contributed by atoms with Gasteiger partial charge >= 0.3 is 0 Å². The van der Waals surface area contributed by atoms with E-state index in [1.165, 1.54) is 11.0 Å². The van der Waals surface area contributed by atoms with Crippen molar-refractivity contribution in [3.05, 3.63) is 12.5 Å². The molecule has 1 aliphatic heterocycles. The monoisotopic (exact) mass is 340 g/mol. The molecule has 0 amide bonds. The maximum absolute atomic E-state index is 10.1. The number of aliphatic hydroxyl groups excluding tert-OH is 3. The molecule has 1 unspecified atom stereocenters. The van der Waals surface area contributed by atoms with Crippen LogP contribution in [-0.4, -0.2) is 65.7 Å². The second kappa shape index (κ2) is 7.10. The Bertz CT molecular complexity index is 667. The number of rotatable bonds is 6. The van der Waals surface area contributed by atoms with Crippen LogP contribution in [0.2, 0.25) is 0 Å². The zero-order chi connectivity index (χ0) is 16.4. The summed E-state index contributed by atoms with van der Waals surface area (Å²) in [6.07, 6.45) is 1.24. The quantitative estimate of drug-likeness (QED) is 0.392. The van der Waals surface area contributed by atoms with Crippen molar-refractivity contribution in [2.45, 2.75) is 49.3 Å². The highest BCUT2D eigenvalue weighted by molar-refractivity contribution is 7.99. The number of ether oxygens (including phenoxy) is 1. The molecule has 2 aromatic rings. The predicted molar refractivity (Wildman–Crippen MR) is 84.0 cm³/mol. The second-order valence-corrected chi connectivity index (χ2v) is 6.52. The van der Waals surface area contributed by atoms with Crippen LogP contribution in [0.3, 0.4) is 0 Å². The summed E-state index contributed by atoms with van der Waals surface area (Å²) >= 11 is 1.64. The van der Waals surface area contributed by atoms with Gasteiger partial charge in [0, 0.05) is 0 Å². The van der Waals surface area contributed by atoms with Gasteiger partial charge in [0.15, 0.2) is 11.9 Å². The Morgan fingerprint density at radius 3 is 2.83 bits per heavy atom. The van der Waals surface area contributed by atoms with Gasteiger partial charge in [-0.05, 0) is 12.2 Å². The van der Waals surface area contributed by atoms with Crippen molar-refractivity contribution in [1.29, 1.82) is 0 Å². The summed E-state index contributed by atoms with van der Waals surface area (Å²) in [5, 5.41) is 35.1. The van der Waals surface area contributed by atoms with Gasteiger partial charge < -0.3 is 20.1 Å². The number of aliphatic hydroxyl groups is 3. The molecular weight excluding hydrogens is 320 g/mol. The van der Waals surface area contributed by atoms with Gasteiger partial charge in [-0.2, -0.15) is 5.10 Å². The summed E-state index contributed by atoms with van der Waals surface area (Å²) in [6.45, 7) is 1.76.